The molecule has 2 fully saturated rings. The van der Waals surface area contributed by atoms with Crippen molar-refractivity contribution >= 4 is 5.82 Å². The Balaban J connectivity index is 1.37. The summed E-state index contributed by atoms with van der Waals surface area (Å²) >= 11 is 0. The van der Waals surface area contributed by atoms with E-state index >= 15 is 0 Å². The summed E-state index contributed by atoms with van der Waals surface area (Å²) in [4.78, 5) is 7.14. The molecule has 0 bridgehead atoms. The van der Waals surface area contributed by atoms with Gasteiger partial charge < -0.3 is 10.1 Å². The van der Waals surface area contributed by atoms with Crippen LogP contribution in [0.5, 0.6) is 0 Å². The highest BCUT2D eigenvalue weighted by Crippen LogP contribution is 2.36. The van der Waals surface area contributed by atoms with Crippen molar-refractivity contribution in [2.75, 3.05) is 25.0 Å². The van der Waals surface area contributed by atoms with E-state index in [9.17, 15) is 0 Å². The first-order chi connectivity index (χ1) is 12.6. The van der Waals surface area contributed by atoms with Crippen molar-refractivity contribution in [1.29, 1.82) is 0 Å². The third-order valence-corrected chi connectivity index (χ3v) is 5.31. The van der Waals surface area contributed by atoms with Gasteiger partial charge in [0, 0.05) is 25.2 Å². The Morgan fingerprint density at radius 2 is 2.12 bits per heavy atom. The molecule has 2 aromatic heterocycles. The number of ether oxygens (including phenoxy) is 1. The highest BCUT2D eigenvalue weighted by molar-refractivity contribution is 5.34. The number of nitrogens with zero attached hydrogens (tertiary/aromatic N) is 4. The lowest BCUT2D eigenvalue weighted by molar-refractivity contribution is -0.0535. The number of hydrogen-bond donors (Lipinski definition) is 1. The number of hydrogen-bond acceptors (Lipinski definition) is 6. The predicted molar refractivity (Wildman–Crippen MR) is 101 cm³/mol. The molecule has 4 rings (SSSR count). The van der Waals surface area contributed by atoms with Gasteiger partial charge in [-0.2, -0.15) is 5.10 Å². The van der Waals surface area contributed by atoms with Crippen molar-refractivity contribution in [3.63, 3.8) is 0 Å². The molecule has 1 N–H and O–H groups in total. The number of aryl methyl sites for hydroxylation is 2. The summed E-state index contributed by atoms with van der Waals surface area (Å²) in [6, 6.07) is 10.5. The summed E-state index contributed by atoms with van der Waals surface area (Å²) in [5.74, 6) is 0.831. The first kappa shape index (κ1) is 17.4. The third-order valence-electron chi connectivity index (χ3n) is 5.31. The van der Waals surface area contributed by atoms with Crippen LogP contribution in [-0.2, 0) is 11.3 Å². The molecule has 2 atom stereocenters. The number of anilines is 1. The zero-order chi connectivity index (χ0) is 18.0. The van der Waals surface area contributed by atoms with Gasteiger partial charge in [0.2, 0.25) is 0 Å². The van der Waals surface area contributed by atoms with Crippen LogP contribution in [0.4, 0.5) is 5.82 Å². The van der Waals surface area contributed by atoms with Crippen molar-refractivity contribution in [2.45, 2.75) is 51.3 Å². The van der Waals surface area contributed by atoms with Gasteiger partial charge in [-0.1, -0.05) is 6.07 Å². The van der Waals surface area contributed by atoms with E-state index in [1.54, 1.807) is 0 Å². The van der Waals surface area contributed by atoms with Gasteiger partial charge in [-0.25, -0.2) is 0 Å². The summed E-state index contributed by atoms with van der Waals surface area (Å²) in [7, 11) is 0. The largest absolute Gasteiger partial charge is 0.371 e. The molecule has 2 aliphatic rings. The van der Waals surface area contributed by atoms with Crippen LogP contribution in [0.2, 0.25) is 0 Å². The lowest BCUT2D eigenvalue weighted by Crippen LogP contribution is -2.47. The second-order valence-electron chi connectivity index (χ2n) is 7.68. The fraction of sp³-hybridized carbons (Fsp3) is 0.550. The van der Waals surface area contributed by atoms with Crippen LogP contribution in [0.15, 0.2) is 30.3 Å². The van der Waals surface area contributed by atoms with Gasteiger partial charge in [-0.3, -0.25) is 9.88 Å². The van der Waals surface area contributed by atoms with Crippen molar-refractivity contribution < 1.29 is 4.74 Å². The fourth-order valence-electron chi connectivity index (χ4n) is 4.15. The van der Waals surface area contributed by atoms with Gasteiger partial charge in [0.25, 0.3) is 0 Å². The molecule has 2 aromatic rings. The van der Waals surface area contributed by atoms with E-state index in [4.69, 9.17) is 4.74 Å². The highest BCUT2D eigenvalue weighted by atomic mass is 16.5. The summed E-state index contributed by atoms with van der Waals surface area (Å²) in [5, 5.41) is 11.8. The van der Waals surface area contributed by atoms with Gasteiger partial charge in [-0.15, -0.1) is 5.10 Å². The highest BCUT2D eigenvalue weighted by Gasteiger charge is 2.43. The molecule has 0 amide bonds. The average molecular weight is 353 g/mol. The number of pyridine rings is 1. The molecule has 26 heavy (non-hydrogen) atoms. The zero-order valence-corrected chi connectivity index (χ0v) is 15.6. The maximum absolute atomic E-state index is 6.31. The van der Waals surface area contributed by atoms with E-state index in [1.807, 2.05) is 32.0 Å². The van der Waals surface area contributed by atoms with Crippen molar-refractivity contribution in [3.8, 4) is 0 Å². The first-order valence-electron chi connectivity index (χ1n) is 9.46. The minimum atomic E-state index is -0.0438. The maximum Gasteiger partial charge on any atom is 0.148 e. The molecule has 6 nitrogen and oxygen atoms in total. The summed E-state index contributed by atoms with van der Waals surface area (Å²) in [6.45, 7) is 7.71. The summed E-state index contributed by atoms with van der Waals surface area (Å²) in [5.41, 5.74) is 3.11. The van der Waals surface area contributed by atoms with Crippen LogP contribution in [0.25, 0.3) is 0 Å². The quantitative estimate of drug-likeness (QED) is 0.912. The van der Waals surface area contributed by atoms with E-state index in [-0.39, 0.29) is 5.60 Å². The van der Waals surface area contributed by atoms with Crippen molar-refractivity contribution in [1.82, 2.24) is 20.1 Å². The van der Waals surface area contributed by atoms with Gasteiger partial charge in [0.15, 0.2) is 0 Å². The molecule has 4 heterocycles. The molecule has 2 aliphatic heterocycles. The van der Waals surface area contributed by atoms with Crippen LogP contribution < -0.4 is 5.32 Å². The number of rotatable bonds is 4. The number of aromatic nitrogens is 3. The SMILES string of the molecule is Cc1ccc(N[C@H]2CO[C@@]3(CCCN(Cc4cccc(C)n4)C3)C2)nn1. The number of piperidine rings is 1. The predicted octanol–water partition coefficient (Wildman–Crippen LogP) is 2.72. The number of likely N-dealkylation sites (tertiary alicyclic amines) is 1. The smallest absolute Gasteiger partial charge is 0.148 e. The van der Waals surface area contributed by atoms with Crippen LogP contribution >= 0.6 is 0 Å². The lowest BCUT2D eigenvalue weighted by atomic mass is 9.88. The average Bonchev–Trinajstić information content (AvgIpc) is 2.99. The van der Waals surface area contributed by atoms with Gasteiger partial charge in [0.05, 0.1) is 29.6 Å². The Labute approximate surface area is 155 Å². The molecule has 0 aliphatic carbocycles. The Morgan fingerprint density at radius 1 is 1.19 bits per heavy atom. The molecular weight excluding hydrogens is 326 g/mol. The Hall–Kier alpha value is -2.05. The molecule has 6 heteroatoms. The normalized spacial score (nSPS) is 26.3. The Morgan fingerprint density at radius 3 is 2.92 bits per heavy atom. The topological polar surface area (TPSA) is 63.2 Å². The Bertz CT molecular complexity index is 750. The van der Waals surface area contributed by atoms with Gasteiger partial charge in [0.1, 0.15) is 5.82 Å². The van der Waals surface area contributed by atoms with Gasteiger partial charge >= 0.3 is 0 Å². The van der Waals surface area contributed by atoms with E-state index in [0.717, 1.165) is 62.0 Å². The molecule has 1 spiro atoms. The Kier molecular flexibility index (Phi) is 4.87. The summed E-state index contributed by atoms with van der Waals surface area (Å²) < 4.78 is 6.31. The minimum Gasteiger partial charge on any atom is -0.371 e. The van der Waals surface area contributed by atoms with E-state index in [2.05, 4.69) is 37.5 Å². The second kappa shape index (κ2) is 7.29. The monoisotopic (exact) mass is 353 g/mol. The molecule has 0 aromatic carbocycles. The van der Waals surface area contributed by atoms with Crippen LogP contribution in [0.1, 0.15) is 36.3 Å². The zero-order valence-electron chi connectivity index (χ0n) is 15.6. The molecule has 0 radical (unpaired) electrons. The van der Waals surface area contributed by atoms with Crippen molar-refractivity contribution in [3.05, 3.63) is 47.4 Å². The van der Waals surface area contributed by atoms with Crippen LogP contribution in [-0.4, -0.2) is 51.4 Å². The van der Waals surface area contributed by atoms with Crippen LogP contribution in [0.3, 0.4) is 0 Å². The lowest BCUT2D eigenvalue weighted by Gasteiger charge is -2.39. The second-order valence-corrected chi connectivity index (χ2v) is 7.68. The first-order valence-corrected chi connectivity index (χ1v) is 9.46. The number of nitrogens with one attached hydrogen (secondary N) is 1. The van der Waals surface area contributed by atoms with E-state index in [0.29, 0.717) is 6.04 Å². The van der Waals surface area contributed by atoms with E-state index in [1.165, 1.54) is 6.42 Å². The molecular formula is C20H27N5O. The van der Waals surface area contributed by atoms with Crippen molar-refractivity contribution in [2.24, 2.45) is 0 Å². The molecule has 0 saturated carbocycles. The maximum atomic E-state index is 6.31. The van der Waals surface area contributed by atoms with Crippen LogP contribution in [0, 0.1) is 13.8 Å². The third kappa shape index (κ3) is 4.02. The fourth-order valence-corrected chi connectivity index (χ4v) is 4.15. The van der Waals surface area contributed by atoms with E-state index < -0.39 is 0 Å². The minimum absolute atomic E-state index is 0.0438. The molecule has 0 unspecified atom stereocenters. The van der Waals surface area contributed by atoms with Gasteiger partial charge in [-0.05, 0) is 57.5 Å². The summed E-state index contributed by atoms with van der Waals surface area (Å²) in [6.07, 6.45) is 3.31. The molecule has 138 valence electrons. The molecule has 2 saturated heterocycles. The standard InChI is InChI=1S/C20H27N5O/c1-15-5-3-6-17(21-15)12-25-10-4-9-20(14-25)11-18(13-26-20)22-19-8-7-16(2)23-24-19/h3,5-8,18H,4,9-14H2,1-2H3,(H,22,24)/t18-,20+/m1/s1.